The third-order valence-corrected chi connectivity index (χ3v) is 2.42. The van der Waals surface area contributed by atoms with Crippen molar-refractivity contribution >= 4 is 0 Å². The van der Waals surface area contributed by atoms with Crippen LogP contribution >= 0.6 is 0 Å². The summed E-state index contributed by atoms with van der Waals surface area (Å²) in [6.45, 7) is 3.31. The van der Waals surface area contributed by atoms with Crippen LogP contribution in [0.1, 0.15) is 19.8 Å². The number of allylic oxidation sites excluding steroid dienone is 5. The maximum Gasteiger partial charge on any atom is 0.00170 e. The molecule has 1 unspecified atom stereocenters. The molecular formula is C12H19N. The van der Waals surface area contributed by atoms with Gasteiger partial charge in [0.05, 0.1) is 0 Å². The van der Waals surface area contributed by atoms with Crippen LogP contribution < -0.4 is 5.32 Å². The first kappa shape index (κ1) is 10.3. The lowest BCUT2D eigenvalue weighted by molar-refractivity contribution is 0.562. The number of rotatable bonds is 4. The molecule has 1 aliphatic carbocycles. The minimum Gasteiger partial charge on any atom is -0.319 e. The van der Waals surface area contributed by atoms with E-state index in [4.69, 9.17) is 0 Å². The Morgan fingerprint density at radius 2 is 2.31 bits per heavy atom. The molecule has 0 saturated carbocycles. The molecule has 72 valence electrons. The van der Waals surface area contributed by atoms with Crippen LogP contribution in [0, 0.1) is 5.92 Å². The molecule has 1 N–H and O–H groups in total. The topological polar surface area (TPSA) is 12.0 Å². The summed E-state index contributed by atoms with van der Waals surface area (Å²) in [6, 6.07) is 0. The Labute approximate surface area is 81.2 Å². The molecule has 1 atom stereocenters. The molecule has 0 fully saturated rings. The van der Waals surface area contributed by atoms with Crippen molar-refractivity contribution in [3.8, 4) is 0 Å². The molecule has 0 aromatic carbocycles. The zero-order valence-electron chi connectivity index (χ0n) is 8.59. The third kappa shape index (κ3) is 3.19. The standard InChI is InChI=1S/C12H19N/c1-3-11(10-13-2)12-8-6-4-5-7-9-12/h4,6-9,11,13H,3,5,10H2,1-2H3. The number of nitrogens with one attached hydrogen (secondary N) is 1. The van der Waals surface area contributed by atoms with Gasteiger partial charge in [0.25, 0.3) is 0 Å². The summed E-state index contributed by atoms with van der Waals surface area (Å²) in [5.41, 5.74) is 1.45. The van der Waals surface area contributed by atoms with E-state index in [-0.39, 0.29) is 0 Å². The zero-order valence-corrected chi connectivity index (χ0v) is 8.59. The van der Waals surface area contributed by atoms with Gasteiger partial charge < -0.3 is 5.32 Å². The Bertz CT molecular complexity index is 223. The van der Waals surface area contributed by atoms with Crippen molar-refractivity contribution in [2.75, 3.05) is 13.6 Å². The SMILES string of the molecule is CCC(CNC)C1=CC=CCC=C1. The molecule has 0 aromatic rings. The molecule has 0 bridgehead atoms. The minimum absolute atomic E-state index is 0.656. The average molecular weight is 177 g/mol. The van der Waals surface area contributed by atoms with Gasteiger partial charge in [0.1, 0.15) is 0 Å². The molecule has 0 aromatic heterocycles. The predicted molar refractivity (Wildman–Crippen MR) is 58.7 cm³/mol. The molecule has 1 rings (SSSR count). The molecule has 13 heavy (non-hydrogen) atoms. The van der Waals surface area contributed by atoms with Gasteiger partial charge in [-0.3, -0.25) is 0 Å². The molecule has 0 spiro atoms. The Kier molecular flexibility index (Phi) is 4.55. The van der Waals surface area contributed by atoms with E-state index >= 15 is 0 Å². The zero-order chi connectivity index (χ0) is 9.52. The third-order valence-electron chi connectivity index (χ3n) is 2.42. The molecule has 0 aliphatic heterocycles. The lowest BCUT2D eigenvalue weighted by atomic mass is 9.95. The summed E-state index contributed by atoms with van der Waals surface area (Å²) in [4.78, 5) is 0. The van der Waals surface area contributed by atoms with Gasteiger partial charge in [0.15, 0.2) is 0 Å². The van der Waals surface area contributed by atoms with Gasteiger partial charge in [-0.05, 0) is 31.4 Å². The van der Waals surface area contributed by atoms with Crippen LogP contribution in [0.4, 0.5) is 0 Å². The van der Waals surface area contributed by atoms with Gasteiger partial charge in [0.2, 0.25) is 0 Å². The van der Waals surface area contributed by atoms with E-state index in [0.717, 1.165) is 13.0 Å². The van der Waals surface area contributed by atoms with Crippen molar-refractivity contribution in [1.82, 2.24) is 5.32 Å². The van der Waals surface area contributed by atoms with E-state index in [2.05, 4.69) is 42.6 Å². The van der Waals surface area contributed by atoms with Crippen molar-refractivity contribution in [3.05, 3.63) is 36.0 Å². The maximum absolute atomic E-state index is 3.24. The smallest absolute Gasteiger partial charge is 0.00170 e. The number of hydrogen-bond acceptors (Lipinski definition) is 1. The van der Waals surface area contributed by atoms with Crippen LogP contribution in [-0.4, -0.2) is 13.6 Å². The van der Waals surface area contributed by atoms with E-state index in [1.54, 1.807) is 0 Å². The van der Waals surface area contributed by atoms with Gasteiger partial charge >= 0.3 is 0 Å². The number of hydrogen-bond donors (Lipinski definition) is 1. The Morgan fingerprint density at radius 1 is 1.46 bits per heavy atom. The van der Waals surface area contributed by atoms with Gasteiger partial charge in [-0.1, -0.05) is 37.3 Å². The van der Waals surface area contributed by atoms with Gasteiger partial charge in [-0.2, -0.15) is 0 Å². The fourth-order valence-electron chi connectivity index (χ4n) is 1.61. The molecule has 1 heteroatoms. The summed E-state index contributed by atoms with van der Waals surface area (Å²) >= 11 is 0. The average Bonchev–Trinajstić information content (AvgIpc) is 2.42. The van der Waals surface area contributed by atoms with E-state index in [1.165, 1.54) is 12.0 Å². The second-order valence-electron chi connectivity index (χ2n) is 3.40. The van der Waals surface area contributed by atoms with E-state index < -0.39 is 0 Å². The van der Waals surface area contributed by atoms with E-state index in [9.17, 15) is 0 Å². The van der Waals surface area contributed by atoms with Crippen LogP contribution in [-0.2, 0) is 0 Å². The molecular weight excluding hydrogens is 158 g/mol. The predicted octanol–water partition coefficient (Wildman–Crippen LogP) is 2.67. The normalized spacial score (nSPS) is 18.2. The maximum atomic E-state index is 3.24. The molecule has 1 aliphatic rings. The van der Waals surface area contributed by atoms with Crippen LogP contribution in [0.2, 0.25) is 0 Å². The summed E-state index contributed by atoms with van der Waals surface area (Å²) in [5, 5.41) is 3.24. The van der Waals surface area contributed by atoms with Crippen molar-refractivity contribution in [3.63, 3.8) is 0 Å². The summed E-state index contributed by atoms with van der Waals surface area (Å²) < 4.78 is 0. The van der Waals surface area contributed by atoms with Crippen molar-refractivity contribution < 1.29 is 0 Å². The fourth-order valence-corrected chi connectivity index (χ4v) is 1.61. The lowest BCUT2D eigenvalue weighted by Gasteiger charge is -2.15. The summed E-state index contributed by atoms with van der Waals surface area (Å²) in [5.74, 6) is 0.656. The fraction of sp³-hybridized carbons (Fsp3) is 0.500. The highest BCUT2D eigenvalue weighted by Gasteiger charge is 2.08. The highest BCUT2D eigenvalue weighted by Crippen LogP contribution is 2.17. The van der Waals surface area contributed by atoms with Crippen LogP contribution in [0.15, 0.2) is 36.0 Å². The molecule has 0 amide bonds. The first-order chi connectivity index (χ1) is 6.38. The lowest BCUT2D eigenvalue weighted by Crippen LogP contribution is -2.19. The van der Waals surface area contributed by atoms with Crippen LogP contribution in [0.3, 0.4) is 0 Å². The largest absolute Gasteiger partial charge is 0.319 e. The second kappa shape index (κ2) is 5.76. The first-order valence-corrected chi connectivity index (χ1v) is 5.06. The second-order valence-corrected chi connectivity index (χ2v) is 3.40. The Morgan fingerprint density at radius 3 is 3.00 bits per heavy atom. The summed E-state index contributed by atoms with van der Waals surface area (Å²) in [6.07, 6.45) is 13.3. The summed E-state index contributed by atoms with van der Waals surface area (Å²) in [7, 11) is 2.01. The monoisotopic (exact) mass is 177 g/mol. The van der Waals surface area contributed by atoms with E-state index in [1.807, 2.05) is 7.05 Å². The molecule has 0 saturated heterocycles. The van der Waals surface area contributed by atoms with Crippen molar-refractivity contribution in [2.45, 2.75) is 19.8 Å². The molecule has 0 heterocycles. The molecule has 0 radical (unpaired) electrons. The van der Waals surface area contributed by atoms with Gasteiger partial charge in [-0.15, -0.1) is 0 Å². The van der Waals surface area contributed by atoms with Crippen molar-refractivity contribution in [2.24, 2.45) is 5.92 Å². The Balaban J connectivity index is 2.65. The van der Waals surface area contributed by atoms with Crippen molar-refractivity contribution in [1.29, 1.82) is 0 Å². The highest BCUT2D eigenvalue weighted by atomic mass is 14.8. The Hall–Kier alpha value is -0.820. The quantitative estimate of drug-likeness (QED) is 0.696. The van der Waals surface area contributed by atoms with Gasteiger partial charge in [-0.25, -0.2) is 0 Å². The van der Waals surface area contributed by atoms with Crippen LogP contribution in [0.5, 0.6) is 0 Å². The first-order valence-electron chi connectivity index (χ1n) is 5.06. The van der Waals surface area contributed by atoms with Crippen LogP contribution in [0.25, 0.3) is 0 Å². The minimum atomic E-state index is 0.656. The van der Waals surface area contributed by atoms with Gasteiger partial charge in [0, 0.05) is 6.54 Å². The molecule has 1 nitrogen and oxygen atoms in total. The van der Waals surface area contributed by atoms with E-state index in [0.29, 0.717) is 5.92 Å². The highest BCUT2D eigenvalue weighted by molar-refractivity contribution is 5.29.